The summed E-state index contributed by atoms with van der Waals surface area (Å²) in [5.41, 5.74) is 1.32. The van der Waals surface area contributed by atoms with E-state index in [0.717, 1.165) is 22.8 Å². The van der Waals surface area contributed by atoms with Crippen molar-refractivity contribution < 1.29 is 4.90 Å². The minimum atomic E-state index is 0.826. The highest BCUT2D eigenvalue weighted by Crippen LogP contribution is 2.42. The average Bonchev–Trinajstić information content (AvgIpc) is 3.12. The summed E-state index contributed by atoms with van der Waals surface area (Å²) in [6.07, 6.45) is 7.83. The third-order valence-corrected chi connectivity index (χ3v) is 5.88. The lowest BCUT2D eigenvalue weighted by atomic mass is 9.93. The smallest absolute Gasteiger partial charge is 0.0949 e. The van der Waals surface area contributed by atoms with E-state index in [1.807, 2.05) is 17.0 Å². The topological polar surface area (TPSA) is 7.68 Å². The summed E-state index contributed by atoms with van der Waals surface area (Å²) in [4.78, 5) is 4.31. The Kier molecular flexibility index (Phi) is 3.68. The summed E-state index contributed by atoms with van der Waals surface area (Å²) in [6.45, 7) is 6.29. The van der Waals surface area contributed by atoms with Crippen molar-refractivity contribution in [3.8, 4) is 0 Å². The summed E-state index contributed by atoms with van der Waals surface area (Å²) < 4.78 is 0. The Labute approximate surface area is 132 Å². The number of nitrogens with one attached hydrogen (secondary N) is 1. The van der Waals surface area contributed by atoms with Gasteiger partial charge in [-0.1, -0.05) is 23.8 Å². The van der Waals surface area contributed by atoms with Crippen LogP contribution in [0.15, 0.2) is 36.4 Å². The fourth-order valence-electron chi connectivity index (χ4n) is 4.44. The van der Waals surface area contributed by atoms with Gasteiger partial charge in [0.15, 0.2) is 0 Å². The van der Waals surface area contributed by atoms with Gasteiger partial charge in [0.05, 0.1) is 32.7 Å². The molecule has 3 atom stereocenters. The molecule has 21 heavy (non-hydrogen) atoms. The van der Waals surface area contributed by atoms with Crippen LogP contribution in [0.2, 0.25) is 5.02 Å². The van der Waals surface area contributed by atoms with E-state index in [2.05, 4.69) is 29.2 Å². The molecule has 3 aliphatic rings. The summed E-state index contributed by atoms with van der Waals surface area (Å²) in [6, 6.07) is 8.29. The van der Waals surface area contributed by atoms with Crippen molar-refractivity contribution in [1.82, 2.24) is 0 Å². The fourth-order valence-corrected chi connectivity index (χ4v) is 4.56. The highest BCUT2D eigenvalue weighted by Gasteiger charge is 2.38. The molecule has 3 heteroatoms. The van der Waals surface area contributed by atoms with Gasteiger partial charge < -0.3 is 9.80 Å². The zero-order valence-corrected chi connectivity index (χ0v) is 13.2. The van der Waals surface area contributed by atoms with Crippen molar-refractivity contribution in [3.05, 3.63) is 41.4 Å². The maximum atomic E-state index is 5.97. The molecule has 1 heterocycles. The third-order valence-electron chi connectivity index (χ3n) is 5.63. The van der Waals surface area contributed by atoms with Crippen molar-refractivity contribution in [2.45, 2.75) is 12.8 Å². The number of quaternary nitrogens is 1. The molecule has 1 saturated heterocycles. The average molecular weight is 304 g/mol. The Balaban J connectivity index is 1.30. The lowest BCUT2D eigenvalue weighted by Crippen LogP contribution is -3.15. The third kappa shape index (κ3) is 2.84. The molecule has 1 saturated carbocycles. The standard InChI is InChI=1S/C18H23ClN2/c19-17-3-5-18(6-4-17)21-9-7-20(8-10-21)13-16-12-14-1-2-15(16)11-14/h1-6,14-16H,7-13H2/p+1/t14-,15-,16+/m0/s1. The Morgan fingerprint density at radius 1 is 1.05 bits per heavy atom. The second kappa shape index (κ2) is 5.66. The van der Waals surface area contributed by atoms with Gasteiger partial charge in [-0.2, -0.15) is 0 Å². The number of hydrogen-bond donors (Lipinski definition) is 1. The van der Waals surface area contributed by atoms with Gasteiger partial charge in [-0.25, -0.2) is 0 Å². The summed E-state index contributed by atoms with van der Waals surface area (Å²) in [5, 5.41) is 0.826. The first-order valence-corrected chi connectivity index (χ1v) is 8.68. The molecular formula is C18H24ClN2+. The number of fused-ring (bicyclic) bond motifs is 2. The van der Waals surface area contributed by atoms with Crippen LogP contribution in [0.25, 0.3) is 0 Å². The first-order valence-electron chi connectivity index (χ1n) is 8.30. The van der Waals surface area contributed by atoms with Gasteiger partial charge in [0.25, 0.3) is 0 Å². The first-order chi connectivity index (χ1) is 10.3. The van der Waals surface area contributed by atoms with E-state index >= 15 is 0 Å². The van der Waals surface area contributed by atoms with E-state index in [1.54, 1.807) is 0 Å². The molecule has 4 rings (SSSR count). The van der Waals surface area contributed by atoms with Crippen LogP contribution in [0.3, 0.4) is 0 Å². The van der Waals surface area contributed by atoms with Crippen LogP contribution in [-0.4, -0.2) is 32.7 Å². The Hall–Kier alpha value is -0.990. The molecule has 1 aliphatic heterocycles. The molecule has 1 aromatic rings. The molecule has 2 aliphatic carbocycles. The molecule has 2 nitrogen and oxygen atoms in total. The van der Waals surface area contributed by atoms with Crippen LogP contribution in [0.1, 0.15) is 12.8 Å². The zero-order chi connectivity index (χ0) is 14.2. The second-order valence-electron chi connectivity index (χ2n) is 6.96. The van der Waals surface area contributed by atoms with Gasteiger partial charge >= 0.3 is 0 Å². The predicted molar refractivity (Wildman–Crippen MR) is 88.1 cm³/mol. The van der Waals surface area contributed by atoms with Crippen LogP contribution >= 0.6 is 11.6 Å². The maximum absolute atomic E-state index is 5.97. The number of hydrogen-bond acceptors (Lipinski definition) is 1. The largest absolute Gasteiger partial charge is 0.360 e. The van der Waals surface area contributed by atoms with Crippen molar-refractivity contribution in [2.24, 2.45) is 17.8 Å². The number of rotatable bonds is 3. The van der Waals surface area contributed by atoms with Crippen molar-refractivity contribution in [3.63, 3.8) is 0 Å². The number of halogens is 1. The van der Waals surface area contributed by atoms with Crippen LogP contribution in [-0.2, 0) is 0 Å². The van der Waals surface area contributed by atoms with Crippen molar-refractivity contribution in [1.29, 1.82) is 0 Å². The fraction of sp³-hybridized carbons (Fsp3) is 0.556. The number of anilines is 1. The zero-order valence-electron chi connectivity index (χ0n) is 12.5. The van der Waals surface area contributed by atoms with Crippen LogP contribution in [0, 0.1) is 17.8 Å². The normalized spacial score (nSPS) is 32.0. The van der Waals surface area contributed by atoms with Crippen molar-refractivity contribution >= 4 is 17.3 Å². The molecule has 1 N–H and O–H groups in total. The molecule has 2 bridgehead atoms. The van der Waals surface area contributed by atoms with Crippen LogP contribution < -0.4 is 9.80 Å². The molecule has 0 radical (unpaired) electrons. The maximum Gasteiger partial charge on any atom is 0.0949 e. The molecular weight excluding hydrogens is 280 g/mol. The number of allylic oxidation sites excluding steroid dienone is 2. The molecule has 0 unspecified atom stereocenters. The van der Waals surface area contributed by atoms with Crippen LogP contribution in [0.4, 0.5) is 5.69 Å². The minimum absolute atomic E-state index is 0.826. The lowest BCUT2D eigenvalue weighted by molar-refractivity contribution is -0.904. The first kappa shape index (κ1) is 13.7. The molecule has 112 valence electrons. The molecule has 0 spiro atoms. The van der Waals surface area contributed by atoms with Crippen molar-refractivity contribution in [2.75, 3.05) is 37.6 Å². The second-order valence-corrected chi connectivity index (χ2v) is 7.39. The number of benzene rings is 1. The van der Waals surface area contributed by atoms with Crippen LogP contribution in [0.5, 0.6) is 0 Å². The Morgan fingerprint density at radius 2 is 1.81 bits per heavy atom. The molecule has 0 aromatic heterocycles. The summed E-state index contributed by atoms with van der Waals surface area (Å²) >= 11 is 5.97. The van der Waals surface area contributed by atoms with E-state index in [1.165, 1.54) is 51.3 Å². The monoisotopic (exact) mass is 303 g/mol. The lowest BCUT2D eigenvalue weighted by Gasteiger charge is -2.35. The van der Waals surface area contributed by atoms with E-state index in [-0.39, 0.29) is 0 Å². The molecule has 2 fully saturated rings. The number of piperazine rings is 1. The van der Waals surface area contributed by atoms with E-state index in [9.17, 15) is 0 Å². The highest BCUT2D eigenvalue weighted by atomic mass is 35.5. The van der Waals surface area contributed by atoms with Gasteiger partial charge in [-0.15, -0.1) is 0 Å². The summed E-state index contributed by atoms with van der Waals surface area (Å²) in [5.74, 6) is 2.77. The predicted octanol–water partition coefficient (Wildman–Crippen LogP) is 2.26. The number of nitrogens with zero attached hydrogens (tertiary/aromatic N) is 1. The van der Waals surface area contributed by atoms with E-state index in [4.69, 9.17) is 11.6 Å². The van der Waals surface area contributed by atoms with Gasteiger partial charge in [-0.3, -0.25) is 0 Å². The van der Waals surface area contributed by atoms with E-state index < -0.39 is 0 Å². The Bertz CT molecular complexity index is 517. The van der Waals surface area contributed by atoms with Gasteiger partial charge in [0.1, 0.15) is 0 Å². The quantitative estimate of drug-likeness (QED) is 0.842. The minimum Gasteiger partial charge on any atom is -0.360 e. The van der Waals surface area contributed by atoms with Gasteiger partial charge in [0, 0.05) is 16.6 Å². The van der Waals surface area contributed by atoms with Gasteiger partial charge in [0.2, 0.25) is 0 Å². The van der Waals surface area contributed by atoms with Gasteiger partial charge in [-0.05, 0) is 48.9 Å². The Morgan fingerprint density at radius 3 is 2.43 bits per heavy atom. The SMILES string of the molecule is Clc1ccc(N2CC[NH+](C[C@H]3C[C@H]4C=C[C@H]3C4)CC2)cc1. The highest BCUT2D eigenvalue weighted by molar-refractivity contribution is 6.30. The molecule has 0 amide bonds. The summed E-state index contributed by atoms with van der Waals surface area (Å²) in [7, 11) is 0. The van der Waals surface area contributed by atoms with E-state index in [0.29, 0.717) is 0 Å². The molecule has 1 aromatic carbocycles.